The van der Waals surface area contributed by atoms with Gasteiger partial charge in [-0.15, -0.1) is 0 Å². The Morgan fingerprint density at radius 1 is 0.973 bits per heavy atom. The van der Waals surface area contributed by atoms with Crippen molar-refractivity contribution < 1.29 is 22.4 Å². The summed E-state index contributed by atoms with van der Waals surface area (Å²) >= 11 is 0. The van der Waals surface area contributed by atoms with Gasteiger partial charge in [-0.05, 0) is 60.6 Å². The molecular weight excluding hydrogens is 493 g/mol. The second-order valence-corrected chi connectivity index (χ2v) is 12.4. The van der Waals surface area contributed by atoms with Crippen molar-refractivity contribution in [3.8, 4) is 0 Å². The zero-order valence-electron chi connectivity index (χ0n) is 22.9. The fourth-order valence-corrected chi connectivity index (χ4v) is 4.74. The molecule has 1 N–H and O–H groups in total. The number of amides is 2. The highest BCUT2D eigenvalue weighted by Gasteiger charge is 2.32. The van der Waals surface area contributed by atoms with Gasteiger partial charge in [0.2, 0.25) is 21.8 Å². The Morgan fingerprint density at radius 2 is 1.54 bits per heavy atom. The van der Waals surface area contributed by atoms with Crippen LogP contribution in [-0.4, -0.2) is 50.0 Å². The Labute approximate surface area is 221 Å². The predicted molar refractivity (Wildman–Crippen MR) is 146 cm³/mol. The van der Waals surface area contributed by atoms with Crippen LogP contribution in [0.5, 0.6) is 0 Å². The smallest absolute Gasteiger partial charge is 0.244 e. The Hall–Kier alpha value is -2.94. The van der Waals surface area contributed by atoms with Crippen LogP contribution in [0.3, 0.4) is 0 Å². The van der Waals surface area contributed by atoms with E-state index in [2.05, 4.69) is 26.1 Å². The van der Waals surface area contributed by atoms with E-state index in [-0.39, 0.29) is 23.9 Å². The van der Waals surface area contributed by atoms with E-state index >= 15 is 0 Å². The second-order valence-electron chi connectivity index (χ2n) is 10.5. The SMILES string of the molecule is CC[C@H](C(=O)N[C@@H](C)CC)N(Cc1ccc(F)cc1)C(=O)CN(c1ccc(C(C)(C)C)cc1)S(C)(=O)=O. The number of hydrogen-bond donors (Lipinski definition) is 1. The highest BCUT2D eigenvalue weighted by atomic mass is 32.2. The molecule has 9 heteroatoms. The molecule has 0 spiro atoms. The fourth-order valence-electron chi connectivity index (χ4n) is 3.89. The average Bonchev–Trinajstić information content (AvgIpc) is 2.82. The highest BCUT2D eigenvalue weighted by Crippen LogP contribution is 2.26. The maximum Gasteiger partial charge on any atom is 0.244 e. The summed E-state index contributed by atoms with van der Waals surface area (Å²) in [4.78, 5) is 28.2. The molecular formula is C28H40FN3O4S. The van der Waals surface area contributed by atoms with Gasteiger partial charge in [0, 0.05) is 12.6 Å². The Morgan fingerprint density at radius 3 is 2.00 bits per heavy atom. The summed E-state index contributed by atoms with van der Waals surface area (Å²) in [5.74, 6) is -1.25. The van der Waals surface area contributed by atoms with E-state index in [1.54, 1.807) is 31.2 Å². The molecule has 0 saturated heterocycles. The van der Waals surface area contributed by atoms with Gasteiger partial charge in [0.15, 0.2) is 0 Å². The molecule has 2 rings (SSSR count). The van der Waals surface area contributed by atoms with Crippen LogP contribution in [0.2, 0.25) is 0 Å². The van der Waals surface area contributed by atoms with Crippen LogP contribution >= 0.6 is 0 Å². The Kier molecular flexibility index (Phi) is 10.3. The first kappa shape index (κ1) is 30.3. The van der Waals surface area contributed by atoms with Crippen molar-refractivity contribution in [2.75, 3.05) is 17.1 Å². The first-order valence-corrected chi connectivity index (χ1v) is 14.4. The number of hydrogen-bond acceptors (Lipinski definition) is 4. The Bertz CT molecular complexity index is 1160. The molecule has 7 nitrogen and oxygen atoms in total. The van der Waals surface area contributed by atoms with Crippen LogP contribution < -0.4 is 9.62 Å². The van der Waals surface area contributed by atoms with Crippen molar-refractivity contribution in [3.63, 3.8) is 0 Å². The van der Waals surface area contributed by atoms with Gasteiger partial charge in [0.1, 0.15) is 18.4 Å². The summed E-state index contributed by atoms with van der Waals surface area (Å²) in [6.07, 6.45) is 2.10. The minimum absolute atomic E-state index is 0.0338. The zero-order valence-corrected chi connectivity index (χ0v) is 23.7. The number of nitrogens with zero attached hydrogens (tertiary/aromatic N) is 2. The van der Waals surface area contributed by atoms with Gasteiger partial charge in [-0.3, -0.25) is 13.9 Å². The van der Waals surface area contributed by atoms with Crippen molar-refractivity contribution in [3.05, 3.63) is 65.5 Å². The van der Waals surface area contributed by atoms with Crippen molar-refractivity contribution >= 4 is 27.5 Å². The molecule has 0 unspecified atom stereocenters. The quantitative estimate of drug-likeness (QED) is 0.457. The number of rotatable bonds is 11. The predicted octanol–water partition coefficient (Wildman–Crippen LogP) is 4.61. The average molecular weight is 534 g/mol. The highest BCUT2D eigenvalue weighted by molar-refractivity contribution is 7.92. The third kappa shape index (κ3) is 8.55. The van der Waals surface area contributed by atoms with Crippen molar-refractivity contribution in [2.24, 2.45) is 0 Å². The van der Waals surface area contributed by atoms with Crippen molar-refractivity contribution in [1.82, 2.24) is 10.2 Å². The summed E-state index contributed by atoms with van der Waals surface area (Å²) in [6.45, 7) is 11.4. The molecule has 2 aromatic carbocycles. The number of carbonyl (C=O) groups is 2. The molecule has 0 saturated carbocycles. The summed E-state index contributed by atoms with van der Waals surface area (Å²) in [6, 6.07) is 11.8. The number of halogens is 1. The lowest BCUT2D eigenvalue weighted by molar-refractivity contribution is -0.140. The molecule has 2 aromatic rings. The lowest BCUT2D eigenvalue weighted by atomic mass is 9.87. The second kappa shape index (κ2) is 12.5. The molecule has 204 valence electrons. The minimum atomic E-state index is -3.81. The van der Waals surface area contributed by atoms with E-state index in [1.807, 2.05) is 26.0 Å². The molecule has 0 heterocycles. The molecule has 2 atom stereocenters. The molecule has 0 aliphatic rings. The molecule has 0 fully saturated rings. The molecule has 2 amide bonds. The third-order valence-corrected chi connectivity index (χ3v) is 7.49. The van der Waals surface area contributed by atoms with Crippen LogP contribution in [0.1, 0.15) is 65.5 Å². The van der Waals surface area contributed by atoms with Crippen LogP contribution in [0.25, 0.3) is 0 Å². The number of sulfonamides is 1. The molecule has 0 bridgehead atoms. The summed E-state index contributed by atoms with van der Waals surface area (Å²) in [5, 5.41) is 2.92. The van der Waals surface area contributed by atoms with Gasteiger partial charge in [-0.2, -0.15) is 0 Å². The number of carbonyl (C=O) groups excluding carboxylic acids is 2. The van der Waals surface area contributed by atoms with Crippen LogP contribution in [0.4, 0.5) is 10.1 Å². The monoisotopic (exact) mass is 533 g/mol. The standard InChI is InChI=1S/C28H40FN3O4S/c1-8-20(3)30-27(34)25(9-2)31(18-21-10-14-23(29)15-11-21)26(33)19-32(37(7,35)36)24-16-12-22(13-17-24)28(4,5)6/h10-17,20,25H,8-9,18-19H2,1-7H3,(H,30,34)/t20-,25+/m0/s1. The molecule has 37 heavy (non-hydrogen) atoms. The number of benzene rings is 2. The van der Waals surface area contributed by atoms with E-state index in [0.29, 0.717) is 17.7 Å². The zero-order chi connectivity index (χ0) is 28.0. The van der Waals surface area contributed by atoms with Gasteiger partial charge in [0.25, 0.3) is 0 Å². The summed E-state index contributed by atoms with van der Waals surface area (Å²) < 4.78 is 40.1. The minimum Gasteiger partial charge on any atom is -0.352 e. The van der Waals surface area contributed by atoms with E-state index in [1.165, 1.54) is 17.0 Å². The maximum atomic E-state index is 13.7. The van der Waals surface area contributed by atoms with Crippen LogP contribution in [0.15, 0.2) is 48.5 Å². The molecule has 0 radical (unpaired) electrons. The third-order valence-electron chi connectivity index (χ3n) is 6.35. The first-order chi connectivity index (χ1) is 17.2. The van der Waals surface area contributed by atoms with Crippen LogP contribution in [-0.2, 0) is 31.6 Å². The lowest BCUT2D eigenvalue weighted by Gasteiger charge is -2.33. The van der Waals surface area contributed by atoms with E-state index in [4.69, 9.17) is 0 Å². The van der Waals surface area contributed by atoms with Crippen molar-refractivity contribution in [1.29, 1.82) is 0 Å². The largest absolute Gasteiger partial charge is 0.352 e. The number of anilines is 1. The first-order valence-electron chi connectivity index (χ1n) is 12.6. The van der Waals surface area contributed by atoms with Gasteiger partial charge < -0.3 is 10.2 Å². The Balaban J connectivity index is 2.44. The van der Waals surface area contributed by atoms with Gasteiger partial charge >= 0.3 is 0 Å². The van der Waals surface area contributed by atoms with Crippen LogP contribution in [0, 0.1) is 5.82 Å². The van der Waals surface area contributed by atoms with Gasteiger partial charge in [0.05, 0.1) is 11.9 Å². The molecule has 0 aromatic heterocycles. The van der Waals surface area contributed by atoms with E-state index in [9.17, 15) is 22.4 Å². The molecule has 0 aliphatic heterocycles. The number of nitrogens with one attached hydrogen (secondary N) is 1. The normalized spacial score (nSPS) is 13.5. The summed E-state index contributed by atoms with van der Waals surface area (Å²) in [5.41, 5.74) is 1.91. The summed E-state index contributed by atoms with van der Waals surface area (Å²) in [7, 11) is -3.81. The molecule has 0 aliphatic carbocycles. The lowest BCUT2D eigenvalue weighted by Crippen LogP contribution is -2.53. The van der Waals surface area contributed by atoms with Crippen molar-refractivity contribution in [2.45, 2.75) is 78.4 Å². The maximum absolute atomic E-state index is 13.7. The topological polar surface area (TPSA) is 86.8 Å². The van der Waals surface area contributed by atoms with Gasteiger partial charge in [-0.25, -0.2) is 12.8 Å². The van der Waals surface area contributed by atoms with E-state index < -0.39 is 34.3 Å². The fraction of sp³-hybridized carbons (Fsp3) is 0.500. The van der Waals surface area contributed by atoms with Gasteiger partial charge in [-0.1, -0.05) is 58.9 Å². The van der Waals surface area contributed by atoms with E-state index in [0.717, 1.165) is 22.5 Å².